The first-order chi connectivity index (χ1) is 15.8. The first kappa shape index (κ1) is 21.7. The monoisotopic (exact) mass is 494 g/mol. The van der Waals surface area contributed by atoms with Crippen molar-refractivity contribution in [3.05, 3.63) is 23.0 Å². The molecule has 0 bridgehead atoms. The minimum absolute atomic E-state index is 0.184. The van der Waals surface area contributed by atoms with Gasteiger partial charge in [-0.1, -0.05) is 11.3 Å². The normalized spacial score (nSPS) is 24.1. The minimum atomic E-state index is -2.66. The third kappa shape index (κ3) is 3.91. The quantitative estimate of drug-likeness (QED) is 0.395. The summed E-state index contributed by atoms with van der Waals surface area (Å²) in [7, 11) is 0. The van der Waals surface area contributed by atoms with Crippen molar-refractivity contribution in [2.75, 3.05) is 31.2 Å². The Hall–Kier alpha value is -1.86. The molecule has 3 fully saturated rings. The van der Waals surface area contributed by atoms with E-state index in [-0.39, 0.29) is 10.4 Å². The Kier molecular flexibility index (Phi) is 5.14. The van der Waals surface area contributed by atoms with Gasteiger partial charge < -0.3 is 14.7 Å². The number of aryl methyl sites for hydroxylation is 1. The average molecular weight is 495 g/mol. The van der Waals surface area contributed by atoms with Gasteiger partial charge in [0, 0.05) is 36.2 Å². The number of pyridine rings is 1. The molecule has 3 aliphatic rings. The largest absolute Gasteiger partial charge is 0.381 e. The Balaban J connectivity index is 1.44. The van der Waals surface area contributed by atoms with Crippen LogP contribution in [0.5, 0.6) is 0 Å². The van der Waals surface area contributed by atoms with Crippen molar-refractivity contribution in [3.63, 3.8) is 0 Å². The van der Waals surface area contributed by atoms with Crippen molar-refractivity contribution < 1.29 is 18.6 Å². The van der Waals surface area contributed by atoms with Crippen LogP contribution in [0.3, 0.4) is 0 Å². The molecule has 33 heavy (non-hydrogen) atoms. The molecule has 6 rings (SSSR count). The minimum Gasteiger partial charge on any atom is -0.381 e. The van der Waals surface area contributed by atoms with Crippen LogP contribution < -0.4 is 9.62 Å². The number of aliphatic hydroxyl groups is 1. The molecule has 5 heterocycles. The molecular formula is C21H24F2N6O2S2. The summed E-state index contributed by atoms with van der Waals surface area (Å²) in [6.45, 7) is 5.34. The van der Waals surface area contributed by atoms with Gasteiger partial charge in [0.15, 0.2) is 15.8 Å². The highest BCUT2D eigenvalue weighted by Gasteiger charge is 2.42. The summed E-state index contributed by atoms with van der Waals surface area (Å²) in [6.07, 6.45) is 2.84. The topological polar surface area (TPSA) is 87.8 Å². The van der Waals surface area contributed by atoms with Gasteiger partial charge in [0.05, 0.1) is 23.5 Å². The van der Waals surface area contributed by atoms with Gasteiger partial charge in [-0.05, 0) is 50.6 Å². The highest BCUT2D eigenvalue weighted by molar-refractivity contribution is 7.97. The van der Waals surface area contributed by atoms with Crippen LogP contribution in [-0.2, 0) is 4.74 Å². The fraction of sp³-hybridized carbons (Fsp3) is 0.571. The van der Waals surface area contributed by atoms with E-state index in [9.17, 15) is 13.9 Å². The highest BCUT2D eigenvalue weighted by Crippen LogP contribution is 2.43. The van der Waals surface area contributed by atoms with Crippen LogP contribution in [-0.4, -0.2) is 56.7 Å². The van der Waals surface area contributed by atoms with Gasteiger partial charge >= 0.3 is 0 Å². The molecule has 3 aromatic heterocycles. The lowest BCUT2D eigenvalue weighted by Gasteiger charge is -2.25. The number of ether oxygens (including phenoxy) is 1. The van der Waals surface area contributed by atoms with E-state index in [1.807, 2.05) is 17.5 Å². The molecule has 176 valence electrons. The lowest BCUT2D eigenvalue weighted by molar-refractivity contribution is 0.142. The molecule has 1 aliphatic carbocycles. The third-order valence-electron chi connectivity index (χ3n) is 6.73. The number of nitrogens with zero attached hydrogens (tertiary/aromatic N) is 5. The Morgan fingerprint density at radius 1 is 1.27 bits per heavy atom. The number of alkyl halides is 2. The van der Waals surface area contributed by atoms with Crippen molar-refractivity contribution in [2.24, 2.45) is 5.41 Å². The molecule has 0 aromatic carbocycles. The summed E-state index contributed by atoms with van der Waals surface area (Å²) in [5.74, 6) is 0.499. The molecule has 2 aliphatic heterocycles. The average Bonchev–Trinajstić information content (AvgIpc) is 3.31. The van der Waals surface area contributed by atoms with E-state index in [2.05, 4.69) is 25.9 Å². The smallest absolute Gasteiger partial charge is 0.291 e. The molecule has 1 saturated carbocycles. The number of fused-ring (bicyclic) bond motifs is 1. The van der Waals surface area contributed by atoms with Gasteiger partial charge in [-0.15, -0.1) is 10.2 Å². The van der Waals surface area contributed by atoms with Crippen molar-refractivity contribution in [1.82, 2.24) is 24.3 Å². The summed E-state index contributed by atoms with van der Waals surface area (Å²) >= 11 is 2.23. The van der Waals surface area contributed by atoms with E-state index in [0.717, 1.165) is 85.1 Å². The van der Waals surface area contributed by atoms with E-state index in [0.29, 0.717) is 10.8 Å². The molecule has 1 atom stereocenters. The van der Waals surface area contributed by atoms with E-state index in [1.165, 1.54) is 11.9 Å². The molecule has 2 N–H and O–H groups in total. The second kappa shape index (κ2) is 7.84. The van der Waals surface area contributed by atoms with Crippen LogP contribution in [0.2, 0.25) is 0 Å². The van der Waals surface area contributed by atoms with Gasteiger partial charge in [-0.3, -0.25) is 4.40 Å². The number of aromatic nitrogens is 4. The molecule has 12 heteroatoms. The van der Waals surface area contributed by atoms with E-state index < -0.39 is 12.2 Å². The predicted molar refractivity (Wildman–Crippen MR) is 122 cm³/mol. The second-order valence-electron chi connectivity index (χ2n) is 9.26. The van der Waals surface area contributed by atoms with Crippen LogP contribution in [0.25, 0.3) is 16.3 Å². The number of hydrogen-bond donors (Lipinski definition) is 2. The molecule has 0 radical (unpaired) electrons. The summed E-state index contributed by atoms with van der Waals surface area (Å²) in [4.78, 5) is 7.99. The lowest BCUT2D eigenvalue weighted by Crippen LogP contribution is -2.28. The molecule has 1 unspecified atom stereocenters. The number of halogens is 2. The summed E-state index contributed by atoms with van der Waals surface area (Å²) in [5, 5.41) is 17.9. The zero-order valence-corrected chi connectivity index (χ0v) is 19.7. The standard InChI is InChI=1S/C21H24F2N6O2S2/c1-12-15-14(28-6-4-20(10-28)5-7-31-11-20)8-13(33-27-21(30)2-3-21)9-29(15)17(24-12)19-26-25-18(32-19)16(22)23/h8-9,16,27,30H,2-7,10-11H2,1H3. The number of rotatable bonds is 6. The zero-order chi connectivity index (χ0) is 22.8. The summed E-state index contributed by atoms with van der Waals surface area (Å²) in [5.41, 5.74) is 2.15. The molecule has 0 amide bonds. The zero-order valence-electron chi connectivity index (χ0n) is 18.1. The maximum absolute atomic E-state index is 13.1. The van der Waals surface area contributed by atoms with Crippen molar-refractivity contribution in [2.45, 2.75) is 49.7 Å². The Labute approximate surface area is 197 Å². The second-order valence-corrected chi connectivity index (χ2v) is 11.1. The highest BCUT2D eigenvalue weighted by atomic mass is 32.2. The van der Waals surface area contributed by atoms with Crippen molar-refractivity contribution in [1.29, 1.82) is 0 Å². The van der Waals surface area contributed by atoms with Gasteiger partial charge in [0.1, 0.15) is 5.72 Å². The Bertz CT molecular complexity index is 1210. The number of anilines is 1. The van der Waals surface area contributed by atoms with Gasteiger partial charge in [0.2, 0.25) is 0 Å². The van der Waals surface area contributed by atoms with E-state index in [4.69, 9.17) is 9.72 Å². The van der Waals surface area contributed by atoms with Crippen LogP contribution in [0.4, 0.5) is 14.5 Å². The number of hydrogen-bond acceptors (Lipinski definition) is 9. The predicted octanol–water partition coefficient (Wildman–Crippen LogP) is 3.79. The number of imidazole rings is 1. The van der Waals surface area contributed by atoms with Gasteiger partial charge in [-0.2, -0.15) is 0 Å². The summed E-state index contributed by atoms with van der Waals surface area (Å²) in [6, 6.07) is 2.12. The molecule has 3 aromatic rings. The van der Waals surface area contributed by atoms with Crippen LogP contribution in [0.15, 0.2) is 17.2 Å². The third-order valence-corrected chi connectivity index (χ3v) is 8.60. The van der Waals surface area contributed by atoms with Gasteiger partial charge in [0.25, 0.3) is 6.43 Å². The fourth-order valence-corrected chi connectivity index (χ4v) is 6.22. The lowest BCUT2D eigenvalue weighted by atomic mass is 9.87. The van der Waals surface area contributed by atoms with Crippen LogP contribution in [0, 0.1) is 12.3 Å². The fourth-order valence-electron chi connectivity index (χ4n) is 4.70. The van der Waals surface area contributed by atoms with Crippen LogP contribution in [0.1, 0.15) is 42.8 Å². The first-order valence-electron chi connectivity index (χ1n) is 11.0. The Morgan fingerprint density at radius 2 is 2.12 bits per heavy atom. The maximum atomic E-state index is 13.1. The SMILES string of the molecule is Cc1nc(-c2nnc(C(F)F)s2)n2cc(SNC3(O)CC3)cc(N3CCC4(CCOC4)C3)c12. The van der Waals surface area contributed by atoms with Crippen molar-refractivity contribution in [3.8, 4) is 10.8 Å². The maximum Gasteiger partial charge on any atom is 0.291 e. The molecule has 1 spiro atoms. The molecule has 8 nitrogen and oxygen atoms in total. The molecule has 2 saturated heterocycles. The van der Waals surface area contributed by atoms with E-state index in [1.54, 1.807) is 0 Å². The summed E-state index contributed by atoms with van der Waals surface area (Å²) < 4.78 is 37.1. The van der Waals surface area contributed by atoms with E-state index >= 15 is 0 Å². The number of nitrogens with one attached hydrogen (secondary N) is 1. The van der Waals surface area contributed by atoms with Gasteiger partial charge in [-0.25, -0.2) is 18.5 Å². The molecular weight excluding hydrogens is 470 g/mol. The first-order valence-corrected chi connectivity index (χ1v) is 12.6. The van der Waals surface area contributed by atoms with Crippen LogP contribution >= 0.6 is 23.3 Å². The van der Waals surface area contributed by atoms with Crippen molar-refractivity contribution >= 4 is 34.5 Å². The Morgan fingerprint density at radius 3 is 2.82 bits per heavy atom.